The van der Waals surface area contributed by atoms with E-state index in [1.165, 1.54) is 0 Å². The Hall–Kier alpha value is -1.85. The Labute approximate surface area is 137 Å². The fourth-order valence-electron chi connectivity index (χ4n) is 2.24. The SMILES string of the molecule is CC(C)c1ccc(S(=O)(=O)c2ccc(OCC3CO3)cc2)cc1. The Balaban J connectivity index is 1.77. The molecule has 0 bridgehead atoms. The first-order valence-corrected chi connectivity index (χ1v) is 9.14. The maximum atomic E-state index is 12.6. The van der Waals surface area contributed by atoms with Crippen molar-refractivity contribution in [1.29, 1.82) is 0 Å². The zero-order chi connectivity index (χ0) is 16.4. The number of hydrogen-bond donors (Lipinski definition) is 0. The Morgan fingerprint density at radius 3 is 2.04 bits per heavy atom. The fraction of sp³-hybridized carbons (Fsp3) is 0.333. The number of epoxide rings is 1. The van der Waals surface area contributed by atoms with E-state index < -0.39 is 9.84 Å². The summed E-state index contributed by atoms with van der Waals surface area (Å²) in [5.41, 5.74) is 1.12. The number of ether oxygens (including phenoxy) is 2. The monoisotopic (exact) mass is 332 g/mol. The molecule has 1 unspecified atom stereocenters. The van der Waals surface area contributed by atoms with Gasteiger partial charge in [-0.15, -0.1) is 0 Å². The van der Waals surface area contributed by atoms with E-state index in [9.17, 15) is 8.42 Å². The van der Waals surface area contributed by atoms with Crippen LogP contribution < -0.4 is 4.74 Å². The van der Waals surface area contributed by atoms with E-state index in [-0.39, 0.29) is 11.0 Å². The minimum absolute atomic E-state index is 0.179. The second-order valence-corrected chi connectivity index (χ2v) is 7.91. The lowest BCUT2D eigenvalue weighted by molar-refractivity contribution is 0.263. The van der Waals surface area contributed by atoms with Gasteiger partial charge in [-0.2, -0.15) is 0 Å². The number of sulfone groups is 1. The van der Waals surface area contributed by atoms with Crippen molar-refractivity contribution < 1.29 is 17.9 Å². The minimum atomic E-state index is -3.50. The van der Waals surface area contributed by atoms with Gasteiger partial charge in [0.15, 0.2) is 0 Å². The third-order valence-electron chi connectivity index (χ3n) is 3.83. The van der Waals surface area contributed by atoms with Gasteiger partial charge in [-0.3, -0.25) is 0 Å². The third kappa shape index (κ3) is 3.74. The molecule has 1 aliphatic heterocycles. The van der Waals surface area contributed by atoms with Gasteiger partial charge >= 0.3 is 0 Å². The Kier molecular flexibility index (Phi) is 4.41. The first kappa shape index (κ1) is 16.0. The predicted octanol–water partition coefficient (Wildman–Crippen LogP) is 3.42. The predicted molar refractivity (Wildman–Crippen MR) is 87.7 cm³/mol. The summed E-state index contributed by atoms with van der Waals surface area (Å²) in [4.78, 5) is 0.576. The van der Waals surface area contributed by atoms with Crippen LogP contribution >= 0.6 is 0 Å². The first-order chi connectivity index (χ1) is 11.0. The third-order valence-corrected chi connectivity index (χ3v) is 5.61. The number of benzene rings is 2. The molecule has 2 aromatic carbocycles. The van der Waals surface area contributed by atoms with Gasteiger partial charge in [0.1, 0.15) is 18.5 Å². The summed E-state index contributed by atoms with van der Waals surface area (Å²) in [6, 6.07) is 13.6. The molecular weight excluding hydrogens is 312 g/mol. The van der Waals surface area contributed by atoms with Crippen molar-refractivity contribution in [2.75, 3.05) is 13.2 Å². The van der Waals surface area contributed by atoms with Crippen molar-refractivity contribution in [3.63, 3.8) is 0 Å². The van der Waals surface area contributed by atoms with E-state index in [2.05, 4.69) is 13.8 Å². The summed E-state index contributed by atoms with van der Waals surface area (Å²) in [6.07, 6.45) is 0.179. The van der Waals surface area contributed by atoms with Crippen LogP contribution in [0.25, 0.3) is 0 Å². The highest BCUT2D eigenvalue weighted by Gasteiger charge is 2.23. The minimum Gasteiger partial charge on any atom is -0.491 e. The zero-order valence-electron chi connectivity index (χ0n) is 13.2. The molecule has 3 rings (SSSR count). The summed E-state index contributed by atoms with van der Waals surface area (Å²) in [5, 5.41) is 0. The summed E-state index contributed by atoms with van der Waals surface area (Å²) >= 11 is 0. The van der Waals surface area contributed by atoms with E-state index in [0.717, 1.165) is 12.2 Å². The average Bonchev–Trinajstić information content (AvgIpc) is 3.38. The van der Waals surface area contributed by atoms with E-state index in [4.69, 9.17) is 9.47 Å². The maximum absolute atomic E-state index is 12.6. The molecule has 1 aliphatic rings. The van der Waals surface area contributed by atoms with E-state index in [1.807, 2.05) is 12.1 Å². The quantitative estimate of drug-likeness (QED) is 0.761. The van der Waals surface area contributed by atoms with Crippen LogP contribution in [0.2, 0.25) is 0 Å². The van der Waals surface area contributed by atoms with Crippen molar-refractivity contribution in [2.45, 2.75) is 35.7 Å². The molecule has 0 radical (unpaired) electrons. The van der Waals surface area contributed by atoms with Crippen LogP contribution in [0.1, 0.15) is 25.3 Å². The normalized spacial score (nSPS) is 17.3. The van der Waals surface area contributed by atoms with Gasteiger partial charge < -0.3 is 9.47 Å². The molecule has 0 spiro atoms. The second kappa shape index (κ2) is 6.34. The van der Waals surface area contributed by atoms with Gasteiger partial charge in [0.05, 0.1) is 16.4 Å². The molecule has 23 heavy (non-hydrogen) atoms. The Bertz CT molecular complexity index is 758. The van der Waals surface area contributed by atoms with Gasteiger partial charge in [0.2, 0.25) is 9.84 Å². The summed E-state index contributed by atoms with van der Waals surface area (Å²) in [6.45, 7) is 5.39. The molecule has 1 atom stereocenters. The van der Waals surface area contributed by atoms with Gasteiger partial charge in [-0.05, 0) is 47.9 Å². The van der Waals surface area contributed by atoms with E-state index in [0.29, 0.717) is 23.2 Å². The molecule has 0 amide bonds. The highest BCUT2D eigenvalue weighted by Crippen LogP contribution is 2.25. The van der Waals surface area contributed by atoms with Crippen molar-refractivity contribution in [1.82, 2.24) is 0 Å². The van der Waals surface area contributed by atoms with Crippen molar-refractivity contribution in [3.05, 3.63) is 54.1 Å². The summed E-state index contributed by atoms with van der Waals surface area (Å²) in [5.74, 6) is 1.02. The van der Waals surface area contributed by atoms with Crippen molar-refractivity contribution >= 4 is 9.84 Å². The highest BCUT2D eigenvalue weighted by molar-refractivity contribution is 7.91. The largest absolute Gasteiger partial charge is 0.491 e. The molecule has 1 fully saturated rings. The molecule has 1 saturated heterocycles. The van der Waals surface area contributed by atoms with Crippen LogP contribution in [-0.2, 0) is 14.6 Å². The van der Waals surface area contributed by atoms with Crippen LogP contribution in [-0.4, -0.2) is 27.7 Å². The van der Waals surface area contributed by atoms with Crippen LogP contribution in [0.3, 0.4) is 0 Å². The molecule has 0 aromatic heterocycles. The molecule has 0 saturated carbocycles. The van der Waals surface area contributed by atoms with Crippen molar-refractivity contribution in [2.24, 2.45) is 0 Å². The van der Waals surface area contributed by atoms with Crippen LogP contribution in [0.15, 0.2) is 58.3 Å². The second-order valence-electron chi connectivity index (χ2n) is 5.96. The van der Waals surface area contributed by atoms with Gasteiger partial charge in [0.25, 0.3) is 0 Å². The maximum Gasteiger partial charge on any atom is 0.206 e. The topological polar surface area (TPSA) is 55.9 Å². The van der Waals surface area contributed by atoms with Crippen LogP contribution in [0.5, 0.6) is 5.75 Å². The average molecular weight is 332 g/mol. The molecule has 5 heteroatoms. The number of hydrogen-bond acceptors (Lipinski definition) is 4. The lowest BCUT2D eigenvalue weighted by Gasteiger charge is -2.09. The molecular formula is C18H20O4S. The molecule has 4 nitrogen and oxygen atoms in total. The lowest BCUT2D eigenvalue weighted by Crippen LogP contribution is -2.05. The van der Waals surface area contributed by atoms with Gasteiger partial charge in [0, 0.05) is 0 Å². The highest BCUT2D eigenvalue weighted by atomic mass is 32.2. The van der Waals surface area contributed by atoms with E-state index in [1.54, 1.807) is 36.4 Å². The molecule has 2 aromatic rings. The number of rotatable bonds is 6. The first-order valence-electron chi connectivity index (χ1n) is 7.66. The van der Waals surface area contributed by atoms with Crippen LogP contribution in [0, 0.1) is 0 Å². The Morgan fingerprint density at radius 1 is 1.04 bits per heavy atom. The standard InChI is InChI=1S/C18H20O4S/c1-13(2)14-3-7-17(8-4-14)23(19,20)18-9-5-15(6-10-18)21-11-16-12-22-16/h3-10,13,16H,11-12H2,1-2H3. The van der Waals surface area contributed by atoms with Crippen LogP contribution in [0.4, 0.5) is 0 Å². The molecule has 1 heterocycles. The van der Waals surface area contributed by atoms with E-state index >= 15 is 0 Å². The molecule has 0 aliphatic carbocycles. The van der Waals surface area contributed by atoms with Gasteiger partial charge in [-0.25, -0.2) is 8.42 Å². The Morgan fingerprint density at radius 2 is 1.57 bits per heavy atom. The smallest absolute Gasteiger partial charge is 0.206 e. The molecule has 122 valence electrons. The van der Waals surface area contributed by atoms with Crippen molar-refractivity contribution in [3.8, 4) is 5.75 Å². The van der Waals surface area contributed by atoms with Gasteiger partial charge in [-0.1, -0.05) is 26.0 Å². The zero-order valence-corrected chi connectivity index (χ0v) is 14.0. The fourth-order valence-corrected chi connectivity index (χ4v) is 3.50. The summed E-state index contributed by atoms with van der Waals surface area (Å²) < 4.78 is 35.9. The molecule has 0 N–H and O–H groups in total. The summed E-state index contributed by atoms with van der Waals surface area (Å²) in [7, 11) is -3.50. The lowest BCUT2D eigenvalue weighted by atomic mass is 10.0.